The molecular weight excluding hydrogens is 418 g/mol. The molecule has 4 heterocycles. The summed E-state index contributed by atoms with van der Waals surface area (Å²) in [6.45, 7) is 3.08. The van der Waals surface area contributed by atoms with Crippen molar-refractivity contribution in [1.29, 1.82) is 0 Å². The number of aromatic nitrogens is 2. The minimum atomic E-state index is -2.63. The van der Waals surface area contributed by atoms with Crippen molar-refractivity contribution in [3.05, 3.63) is 18.6 Å². The normalized spacial score (nSPS) is 32.1. The van der Waals surface area contributed by atoms with Crippen LogP contribution in [0.2, 0.25) is 0 Å². The number of amides is 2. The van der Waals surface area contributed by atoms with Crippen LogP contribution in [-0.2, 0) is 24.1 Å². The van der Waals surface area contributed by atoms with Crippen LogP contribution in [0.1, 0.15) is 51.9 Å². The lowest BCUT2D eigenvalue weighted by atomic mass is 9.85. The maximum atomic E-state index is 13.4. The van der Waals surface area contributed by atoms with Crippen molar-refractivity contribution < 1.29 is 18.5 Å². The highest BCUT2D eigenvalue weighted by Gasteiger charge is 2.42. The van der Waals surface area contributed by atoms with Crippen LogP contribution in [0.3, 0.4) is 0 Å². The van der Waals surface area contributed by atoms with Gasteiger partial charge in [0.1, 0.15) is 11.9 Å². The van der Waals surface area contributed by atoms with Crippen molar-refractivity contribution in [2.24, 2.45) is 4.36 Å². The van der Waals surface area contributed by atoms with Gasteiger partial charge in [-0.3, -0.25) is 14.6 Å². The third-order valence-corrected chi connectivity index (χ3v) is 8.77. The van der Waals surface area contributed by atoms with Gasteiger partial charge >= 0.3 is 0 Å². The highest BCUT2D eigenvalue weighted by Crippen LogP contribution is 2.37. The van der Waals surface area contributed by atoms with E-state index in [9.17, 15) is 13.8 Å². The largest absolute Gasteiger partial charge is 0.375 e. The van der Waals surface area contributed by atoms with Crippen molar-refractivity contribution >= 4 is 27.4 Å². The molecule has 2 unspecified atom stereocenters. The molecular formula is C21H31N5O4S. The molecule has 1 N–H and O–H groups in total. The zero-order valence-electron chi connectivity index (χ0n) is 18.0. The third kappa shape index (κ3) is 5.06. The average Bonchev–Trinajstić information content (AvgIpc) is 3.18. The minimum Gasteiger partial charge on any atom is -0.375 e. The lowest BCUT2D eigenvalue weighted by molar-refractivity contribution is -0.136. The van der Waals surface area contributed by atoms with Crippen molar-refractivity contribution in [2.45, 2.75) is 69.6 Å². The van der Waals surface area contributed by atoms with Crippen LogP contribution in [0, 0.1) is 0 Å². The van der Waals surface area contributed by atoms with Crippen molar-refractivity contribution in [1.82, 2.24) is 14.9 Å². The number of hydrogen-bond acceptors (Lipinski definition) is 7. The van der Waals surface area contributed by atoms with E-state index < -0.39 is 21.7 Å². The Bertz CT molecular complexity index is 917. The molecule has 9 nitrogen and oxygen atoms in total. The molecule has 3 aliphatic heterocycles. The number of nitrogens with one attached hydrogen (secondary N) is 1. The summed E-state index contributed by atoms with van der Waals surface area (Å²) in [4.78, 5) is 34.8. The molecule has 1 aromatic heterocycles. The van der Waals surface area contributed by atoms with Gasteiger partial charge in [0, 0.05) is 49.5 Å². The fourth-order valence-electron chi connectivity index (χ4n) is 4.84. The number of anilines is 1. The minimum absolute atomic E-state index is 0.00907. The lowest BCUT2D eigenvalue weighted by Crippen LogP contribution is -2.49. The predicted molar refractivity (Wildman–Crippen MR) is 117 cm³/mol. The van der Waals surface area contributed by atoms with Crippen molar-refractivity contribution in [3.63, 3.8) is 0 Å². The first-order valence-corrected chi connectivity index (χ1v) is 13.0. The number of hydrogen-bond donors (Lipinski definition) is 1. The Labute approximate surface area is 183 Å². The molecule has 2 amide bonds. The Morgan fingerprint density at radius 1 is 1.42 bits per heavy atom. The zero-order valence-corrected chi connectivity index (χ0v) is 18.8. The van der Waals surface area contributed by atoms with Gasteiger partial charge in [-0.05, 0) is 38.5 Å². The van der Waals surface area contributed by atoms with Gasteiger partial charge < -0.3 is 15.0 Å². The molecule has 0 saturated carbocycles. The third-order valence-electron chi connectivity index (χ3n) is 6.58. The second-order valence-corrected chi connectivity index (χ2v) is 11.2. The van der Waals surface area contributed by atoms with Crippen LogP contribution < -0.4 is 5.32 Å². The van der Waals surface area contributed by atoms with Gasteiger partial charge in [0.2, 0.25) is 5.91 Å². The molecule has 3 aliphatic rings. The highest BCUT2D eigenvalue weighted by atomic mass is 32.2. The molecule has 1 spiro atoms. The van der Waals surface area contributed by atoms with Crippen molar-refractivity contribution in [2.75, 3.05) is 30.0 Å². The summed E-state index contributed by atoms with van der Waals surface area (Å²) in [6.07, 6.45) is 9.63. The monoisotopic (exact) mass is 449 g/mol. The van der Waals surface area contributed by atoms with Crippen LogP contribution in [0.4, 0.5) is 5.82 Å². The molecule has 0 aliphatic carbocycles. The first-order valence-electron chi connectivity index (χ1n) is 11.1. The van der Waals surface area contributed by atoms with Gasteiger partial charge in [-0.1, -0.05) is 6.92 Å². The van der Waals surface area contributed by atoms with E-state index >= 15 is 0 Å². The standard InChI is InChI=1S/C21H31N5O4S/c1-2-17(26-10-3-4-19(26)27)20(28)25-31(29)12-6-21(7-13-31)14-16(5-11-30-21)24-18-15-22-8-9-23-18/h8-9,15-17H,2-7,10-14H2,1H3,(H,23,24). The molecule has 0 bridgehead atoms. The van der Waals surface area contributed by atoms with Crippen LogP contribution in [0.5, 0.6) is 0 Å². The van der Waals surface area contributed by atoms with Gasteiger partial charge in [-0.25, -0.2) is 9.19 Å². The van der Waals surface area contributed by atoms with Crippen LogP contribution in [0.15, 0.2) is 23.0 Å². The molecule has 3 saturated heterocycles. The van der Waals surface area contributed by atoms with E-state index in [0.717, 1.165) is 25.1 Å². The Morgan fingerprint density at radius 3 is 2.87 bits per heavy atom. The fraction of sp³-hybridized carbons (Fsp3) is 0.714. The molecule has 4 rings (SSSR count). The molecule has 31 heavy (non-hydrogen) atoms. The molecule has 0 radical (unpaired) electrons. The highest BCUT2D eigenvalue weighted by molar-refractivity contribution is 7.93. The van der Waals surface area contributed by atoms with E-state index in [2.05, 4.69) is 19.6 Å². The summed E-state index contributed by atoms with van der Waals surface area (Å²) >= 11 is 0. The van der Waals surface area contributed by atoms with E-state index in [1.165, 1.54) is 0 Å². The summed E-state index contributed by atoms with van der Waals surface area (Å²) in [7, 11) is -2.63. The molecule has 0 aromatic carbocycles. The Hall–Kier alpha value is -2.07. The van der Waals surface area contributed by atoms with Gasteiger partial charge in [0.15, 0.2) is 0 Å². The SMILES string of the molecule is CCC(C(=O)N=S1(=O)CCC2(CC1)CC(Nc1cnccn1)CCO2)N1CCCC1=O. The smallest absolute Gasteiger partial charge is 0.276 e. The summed E-state index contributed by atoms with van der Waals surface area (Å²) < 4.78 is 23.7. The molecule has 10 heteroatoms. The van der Waals surface area contributed by atoms with Crippen LogP contribution in [0.25, 0.3) is 0 Å². The molecule has 3 fully saturated rings. The first-order chi connectivity index (χ1) is 14.9. The summed E-state index contributed by atoms with van der Waals surface area (Å²) in [6, 6.07) is -0.375. The topological polar surface area (TPSA) is 114 Å². The Balaban J connectivity index is 1.40. The number of rotatable bonds is 5. The first kappa shape index (κ1) is 22.1. The van der Waals surface area contributed by atoms with Gasteiger partial charge in [0.05, 0.1) is 21.5 Å². The molecule has 1 aromatic rings. The average molecular weight is 450 g/mol. The van der Waals surface area contributed by atoms with E-state index in [-0.39, 0.29) is 17.6 Å². The maximum Gasteiger partial charge on any atom is 0.276 e. The Kier molecular flexibility index (Phi) is 6.57. The Morgan fingerprint density at radius 2 is 2.23 bits per heavy atom. The second kappa shape index (κ2) is 9.20. The summed E-state index contributed by atoms with van der Waals surface area (Å²) in [5.74, 6) is 1.02. The fourth-order valence-corrected chi connectivity index (χ4v) is 7.06. The zero-order chi connectivity index (χ0) is 21.9. The maximum absolute atomic E-state index is 13.4. The number of ether oxygens (including phenoxy) is 1. The lowest BCUT2D eigenvalue weighted by Gasteiger charge is -2.44. The molecule has 2 atom stereocenters. The number of carbonyl (C=O) groups excluding carboxylic acids is 2. The summed E-state index contributed by atoms with van der Waals surface area (Å²) in [5.41, 5.74) is -0.341. The second-order valence-electron chi connectivity index (χ2n) is 8.68. The summed E-state index contributed by atoms with van der Waals surface area (Å²) in [5, 5.41) is 3.42. The number of likely N-dealkylation sites (tertiary alicyclic amines) is 1. The van der Waals surface area contributed by atoms with E-state index in [1.54, 1.807) is 23.5 Å². The van der Waals surface area contributed by atoms with Crippen molar-refractivity contribution in [3.8, 4) is 0 Å². The van der Waals surface area contributed by atoms with Crippen LogP contribution >= 0.6 is 0 Å². The van der Waals surface area contributed by atoms with Crippen LogP contribution in [-0.4, -0.2) is 73.2 Å². The van der Waals surface area contributed by atoms with Gasteiger partial charge in [0.25, 0.3) is 5.91 Å². The van der Waals surface area contributed by atoms with E-state index in [1.807, 2.05) is 6.92 Å². The van der Waals surface area contributed by atoms with Gasteiger partial charge in [-0.15, -0.1) is 0 Å². The predicted octanol–water partition coefficient (Wildman–Crippen LogP) is 2.00. The van der Waals surface area contributed by atoms with E-state index in [0.29, 0.717) is 50.3 Å². The van der Waals surface area contributed by atoms with E-state index in [4.69, 9.17) is 4.74 Å². The van der Waals surface area contributed by atoms with Gasteiger partial charge in [-0.2, -0.15) is 4.36 Å². The quantitative estimate of drug-likeness (QED) is 0.731. The number of carbonyl (C=O) groups is 2. The number of nitrogens with zero attached hydrogens (tertiary/aromatic N) is 4. The molecule has 170 valence electrons.